The van der Waals surface area contributed by atoms with Gasteiger partial charge in [-0.05, 0) is 30.3 Å². The van der Waals surface area contributed by atoms with Crippen molar-refractivity contribution in [2.45, 2.75) is 19.9 Å². The number of benzene rings is 1. The fourth-order valence-electron chi connectivity index (χ4n) is 2.14. The summed E-state index contributed by atoms with van der Waals surface area (Å²) in [6.07, 6.45) is 0. The number of carbonyl (C=O) groups is 1. The van der Waals surface area contributed by atoms with E-state index in [0.717, 1.165) is 11.0 Å². The molecule has 0 aliphatic carbocycles. The third kappa shape index (κ3) is 2.04. The maximum atomic E-state index is 11.6. The predicted octanol–water partition coefficient (Wildman–Crippen LogP) is 3.03. The number of nitrogens with two attached hydrogens (primary N) is 1. The van der Waals surface area contributed by atoms with Crippen LogP contribution in [0.15, 0.2) is 18.2 Å². The Morgan fingerprint density at radius 2 is 2.17 bits per heavy atom. The van der Waals surface area contributed by atoms with Gasteiger partial charge in [-0.1, -0.05) is 31.5 Å². The van der Waals surface area contributed by atoms with Gasteiger partial charge >= 0.3 is 0 Å². The number of aromatic amines is 1. The molecule has 0 bridgehead atoms. The standard InChI is InChI=1S/C12H14ClN3OS/c1-6(2)10(11(14)17)16-8-5-3-4-7(13)9(8)15-12(16)18/h3-6,10H,1-2H3,(H2,14,17)(H,15,18). The van der Waals surface area contributed by atoms with E-state index in [1.807, 2.05) is 26.0 Å². The van der Waals surface area contributed by atoms with Crippen LogP contribution in [0.5, 0.6) is 0 Å². The number of amides is 1. The molecule has 0 saturated heterocycles. The quantitative estimate of drug-likeness (QED) is 0.851. The van der Waals surface area contributed by atoms with Gasteiger partial charge in [0, 0.05) is 0 Å². The van der Waals surface area contributed by atoms with Crippen LogP contribution >= 0.6 is 23.8 Å². The van der Waals surface area contributed by atoms with E-state index < -0.39 is 11.9 Å². The maximum absolute atomic E-state index is 11.6. The molecule has 1 aromatic carbocycles. The zero-order valence-corrected chi connectivity index (χ0v) is 11.7. The number of hydrogen-bond acceptors (Lipinski definition) is 2. The highest BCUT2D eigenvalue weighted by Gasteiger charge is 2.24. The highest BCUT2D eigenvalue weighted by atomic mass is 35.5. The SMILES string of the molecule is CC(C)C(C(N)=O)n1c(=S)[nH]c2c(Cl)cccc21. The number of rotatable bonds is 3. The van der Waals surface area contributed by atoms with Gasteiger partial charge in [-0.3, -0.25) is 4.79 Å². The van der Waals surface area contributed by atoms with Crippen LogP contribution in [0, 0.1) is 10.7 Å². The predicted molar refractivity (Wildman–Crippen MR) is 75.2 cm³/mol. The molecule has 1 amide bonds. The third-order valence-electron chi connectivity index (χ3n) is 2.90. The summed E-state index contributed by atoms with van der Waals surface area (Å²) in [5.74, 6) is -0.353. The van der Waals surface area contributed by atoms with Crippen molar-refractivity contribution in [3.05, 3.63) is 28.0 Å². The Morgan fingerprint density at radius 3 is 2.72 bits per heavy atom. The number of fused-ring (bicyclic) bond motifs is 1. The van der Waals surface area contributed by atoms with E-state index in [2.05, 4.69) is 4.98 Å². The van der Waals surface area contributed by atoms with Crippen LogP contribution in [-0.4, -0.2) is 15.5 Å². The van der Waals surface area contributed by atoms with Gasteiger partial charge in [0.1, 0.15) is 6.04 Å². The largest absolute Gasteiger partial charge is 0.368 e. The van der Waals surface area contributed by atoms with Crippen LogP contribution in [-0.2, 0) is 4.79 Å². The van der Waals surface area contributed by atoms with Crippen LogP contribution in [0.4, 0.5) is 0 Å². The number of carbonyl (C=O) groups excluding carboxylic acids is 1. The third-order valence-corrected chi connectivity index (χ3v) is 3.52. The molecule has 0 spiro atoms. The summed E-state index contributed by atoms with van der Waals surface area (Å²) in [6.45, 7) is 3.86. The number of aromatic nitrogens is 2. The molecule has 0 radical (unpaired) electrons. The second kappa shape index (κ2) is 4.74. The Hall–Kier alpha value is -1.33. The molecule has 1 heterocycles. The molecule has 1 aromatic heterocycles. The lowest BCUT2D eigenvalue weighted by molar-refractivity contribution is -0.122. The zero-order chi connectivity index (χ0) is 13.4. The number of nitrogens with zero attached hydrogens (tertiary/aromatic N) is 1. The van der Waals surface area contributed by atoms with Gasteiger partial charge in [-0.25, -0.2) is 0 Å². The van der Waals surface area contributed by atoms with E-state index in [-0.39, 0.29) is 5.92 Å². The minimum atomic E-state index is -0.482. The molecule has 0 saturated carbocycles. The molecule has 0 aliphatic heterocycles. The highest BCUT2D eigenvalue weighted by molar-refractivity contribution is 7.71. The van der Waals surface area contributed by atoms with Crippen molar-refractivity contribution < 1.29 is 4.79 Å². The van der Waals surface area contributed by atoms with Gasteiger partial charge in [-0.2, -0.15) is 0 Å². The van der Waals surface area contributed by atoms with Crippen LogP contribution in [0.25, 0.3) is 11.0 Å². The Morgan fingerprint density at radius 1 is 1.50 bits per heavy atom. The van der Waals surface area contributed by atoms with Gasteiger partial charge in [0.15, 0.2) is 4.77 Å². The molecule has 2 rings (SSSR count). The van der Waals surface area contributed by atoms with Crippen LogP contribution in [0.3, 0.4) is 0 Å². The van der Waals surface area contributed by atoms with Crippen molar-refractivity contribution in [1.82, 2.24) is 9.55 Å². The first-order chi connectivity index (χ1) is 8.43. The lowest BCUT2D eigenvalue weighted by Gasteiger charge is -2.19. The summed E-state index contributed by atoms with van der Waals surface area (Å²) in [5.41, 5.74) is 7.00. The van der Waals surface area contributed by atoms with E-state index in [1.165, 1.54) is 0 Å². The monoisotopic (exact) mass is 283 g/mol. The van der Waals surface area contributed by atoms with Crippen molar-refractivity contribution in [2.75, 3.05) is 0 Å². The second-order valence-electron chi connectivity index (χ2n) is 4.53. The lowest BCUT2D eigenvalue weighted by atomic mass is 10.0. The number of halogens is 1. The molecular formula is C12H14ClN3OS. The van der Waals surface area contributed by atoms with E-state index in [4.69, 9.17) is 29.6 Å². The topological polar surface area (TPSA) is 63.8 Å². The second-order valence-corrected chi connectivity index (χ2v) is 5.32. The summed E-state index contributed by atoms with van der Waals surface area (Å²) in [5, 5.41) is 0.573. The van der Waals surface area contributed by atoms with Gasteiger partial charge in [-0.15, -0.1) is 0 Å². The minimum Gasteiger partial charge on any atom is -0.368 e. The average Bonchev–Trinajstić information content (AvgIpc) is 2.57. The zero-order valence-electron chi connectivity index (χ0n) is 10.1. The first kappa shape index (κ1) is 13.1. The molecule has 0 aliphatic rings. The fourth-order valence-corrected chi connectivity index (χ4v) is 2.67. The van der Waals surface area contributed by atoms with Gasteiger partial charge in [0.2, 0.25) is 5.91 Å². The Labute approximate surface area is 115 Å². The number of nitrogens with one attached hydrogen (secondary N) is 1. The van der Waals surface area contributed by atoms with Crippen LogP contribution in [0.1, 0.15) is 19.9 Å². The van der Waals surface area contributed by atoms with Crippen molar-refractivity contribution in [2.24, 2.45) is 11.7 Å². The van der Waals surface area contributed by atoms with Gasteiger partial charge < -0.3 is 15.3 Å². The van der Waals surface area contributed by atoms with E-state index >= 15 is 0 Å². The van der Waals surface area contributed by atoms with Crippen molar-refractivity contribution in [1.29, 1.82) is 0 Å². The van der Waals surface area contributed by atoms with Crippen molar-refractivity contribution >= 4 is 40.8 Å². The Balaban J connectivity index is 2.78. The summed E-state index contributed by atoms with van der Waals surface area (Å²) in [4.78, 5) is 14.7. The molecule has 2 aromatic rings. The first-order valence-electron chi connectivity index (χ1n) is 5.61. The minimum absolute atomic E-state index is 0.0483. The number of H-pyrrole nitrogens is 1. The van der Waals surface area contributed by atoms with E-state index in [1.54, 1.807) is 10.6 Å². The summed E-state index contributed by atoms with van der Waals surface area (Å²) in [7, 11) is 0. The molecule has 3 N–H and O–H groups in total. The van der Waals surface area contributed by atoms with Crippen LogP contribution in [0.2, 0.25) is 5.02 Å². The summed E-state index contributed by atoms with van der Waals surface area (Å²) < 4.78 is 2.19. The highest BCUT2D eigenvalue weighted by Crippen LogP contribution is 2.28. The average molecular weight is 284 g/mol. The normalized spacial score (nSPS) is 13.1. The van der Waals surface area contributed by atoms with Crippen molar-refractivity contribution in [3.8, 4) is 0 Å². The van der Waals surface area contributed by atoms with E-state index in [0.29, 0.717) is 9.79 Å². The number of primary amides is 1. The number of hydrogen-bond donors (Lipinski definition) is 2. The summed E-state index contributed by atoms with van der Waals surface area (Å²) >= 11 is 11.4. The van der Waals surface area contributed by atoms with E-state index in [9.17, 15) is 4.79 Å². The number of imidazole rings is 1. The Kier molecular flexibility index (Phi) is 3.45. The number of para-hydroxylation sites is 1. The maximum Gasteiger partial charge on any atom is 0.240 e. The molecule has 0 fully saturated rings. The van der Waals surface area contributed by atoms with Gasteiger partial charge in [0.25, 0.3) is 0 Å². The molecule has 4 nitrogen and oxygen atoms in total. The molecule has 96 valence electrons. The molecule has 1 atom stereocenters. The van der Waals surface area contributed by atoms with Gasteiger partial charge in [0.05, 0.1) is 16.1 Å². The van der Waals surface area contributed by atoms with Crippen LogP contribution < -0.4 is 5.73 Å². The molecule has 1 unspecified atom stereocenters. The fraction of sp³-hybridized carbons (Fsp3) is 0.333. The molecule has 6 heteroatoms. The first-order valence-corrected chi connectivity index (χ1v) is 6.40. The Bertz CT molecular complexity index is 659. The lowest BCUT2D eigenvalue weighted by Crippen LogP contribution is -2.30. The molecule has 18 heavy (non-hydrogen) atoms. The molecular weight excluding hydrogens is 270 g/mol. The smallest absolute Gasteiger partial charge is 0.240 e. The summed E-state index contributed by atoms with van der Waals surface area (Å²) in [6, 6.07) is 4.98. The van der Waals surface area contributed by atoms with Crippen molar-refractivity contribution in [3.63, 3.8) is 0 Å².